The third-order valence-corrected chi connectivity index (χ3v) is 3.49. The summed E-state index contributed by atoms with van der Waals surface area (Å²) in [5.74, 6) is 1.23. The van der Waals surface area contributed by atoms with E-state index in [1.807, 2.05) is 47.0 Å². The van der Waals surface area contributed by atoms with E-state index in [4.69, 9.17) is 9.47 Å². The average molecular weight is 295 g/mol. The number of ether oxygens (including phenoxy) is 2. The number of rotatable bonds is 3. The summed E-state index contributed by atoms with van der Waals surface area (Å²) in [5.41, 5.74) is 2.09. The maximum Gasteiger partial charge on any atom is 0.271 e. The number of benzene rings is 1. The lowest BCUT2D eigenvalue weighted by molar-refractivity contribution is 0.0946. The molecule has 1 amide bonds. The van der Waals surface area contributed by atoms with Crippen LogP contribution in [-0.4, -0.2) is 22.1 Å². The Labute approximate surface area is 126 Å². The average Bonchev–Trinajstić information content (AvgIpc) is 3.18. The van der Waals surface area contributed by atoms with Crippen molar-refractivity contribution in [1.82, 2.24) is 14.7 Å². The highest BCUT2D eigenvalue weighted by molar-refractivity contribution is 5.92. The summed E-state index contributed by atoms with van der Waals surface area (Å²) in [7, 11) is 0. The van der Waals surface area contributed by atoms with Crippen LogP contribution in [0.4, 0.5) is 0 Å². The third-order valence-electron chi connectivity index (χ3n) is 3.49. The van der Waals surface area contributed by atoms with E-state index in [2.05, 4.69) is 10.3 Å². The number of fused-ring (bicyclic) bond motifs is 2. The van der Waals surface area contributed by atoms with Crippen molar-refractivity contribution in [3.05, 3.63) is 60.0 Å². The second kappa shape index (κ2) is 5.07. The highest BCUT2D eigenvalue weighted by atomic mass is 16.7. The fraction of sp³-hybridized carbons (Fsp3) is 0.125. The van der Waals surface area contributed by atoms with Gasteiger partial charge in [-0.25, -0.2) is 4.98 Å². The molecule has 3 heterocycles. The van der Waals surface area contributed by atoms with E-state index in [-0.39, 0.29) is 12.7 Å². The van der Waals surface area contributed by atoms with Crippen molar-refractivity contribution >= 4 is 11.6 Å². The molecule has 1 aromatic carbocycles. The van der Waals surface area contributed by atoms with Gasteiger partial charge in [0.1, 0.15) is 11.3 Å². The minimum Gasteiger partial charge on any atom is -0.454 e. The summed E-state index contributed by atoms with van der Waals surface area (Å²) in [5, 5.41) is 2.86. The van der Waals surface area contributed by atoms with E-state index in [0.717, 1.165) is 17.0 Å². The van der Waals surface area contributed by atoms with Gasteiger partial charge in [-0.2, -0.15) is 0 Å². The largest absolute Gasteiger partial charge is 0.454 e. The second-order valence-corrected chi connectivity index (χ2v) is 4.96. The van der Waals surface area contributed by atoms with Gasteiger partial charge in [-0.1, -0.05) is 12.1 Å². The van der Waals surface area contributed by atoms with Crippen molar-refractivity contribution in [2.45, 2.75) is 6.54 Å². The zero-order valence-corrected chi connectivity index (χ0v) is 11.7. The quantitative estimate of drug-likeness (QED) is 0.802. The van der Waals surface area contributed by atoms with Crippen molar-refractivity contribution in [2.24, 2.45) is 0 Å². The van der Waals surface area contributed by atoms with E-state index in [9.17, 15) is 4.79 Å². The molecule has 6 nitrogen and oxygen atoms in total. The van der Waals surface area contributed by atoms with E-state index in [0.29, 0.717) is 18.0 Å². The smallest absolute Gasteiger partial charge is 0.271 e. The molecule has 22 heavy (non-hydrogen) atoms. The van der Waals surface area contributed by atoms with Gasteiger partial charge in [0.25, 0.3) is 5.91 Å². The normalized spacial score (nSPS) is 12.5. The number of nitrogens with zero attached hydrogens (tertiary/aromatic N) is 2. The Kier molecular flexibility index (Phi) is 2.93. The molecule has 0 aliphatic carbocycles. The molecular formula is C16H13N3O3. The lowest BCUT2D eigenvalue weighted by Crippen LogP contribution is -2.23. The van der Waals surface area contributed by atoms with Crippen LogP contribution in [0, 0.1) is 0 Å². The first-order chi connectivity index (χ1) is 10.8. The van der Waals surface area contributed by atoms with Gasteiger partial charge < -0.3 is 19.2 Å². The van der Waals surface area contributed by atoms with Gasteiger partial charge in [-0.05, 0) is 29.8 Å². The number of carbonyl (C=O) groups excluding carboxylic acids is 1. The highest BCUT2D eigenvalue weighted by Crippen LogP contribution is 2.32. The van der Waals surface area contributed by atoms with Crippen LogP contribution < -0.4 is 14.8 Å². The van der Waals surface area contributed by atoms with Gasteiger partial charge in [0.2, 0.25) is 6.79 Å². The van der Waals surface area contributed by atoms with Crippen molar-refractivity contribution in [3.63, 3.8) is 0 Å². The minimum absolute atomic E-state index is 0.207. The summed E-state index contributed by atoms with van der Waals surface area (Å²) in [6.45, 7) is 0.649. The predicted molar refractivity (Wildman–Crippen MR) is 78.9 cm³/mol. The van der Waals surface area contributed by atoms with Crippen LogP contribution in [0.25, 0.3) is 5.65 Å². The van der Waals surface area contributed by atoms with Crippen molar-refractivity contribution in [3.8, 4) is 11.5 Å². The number of carbonyl (C=O) groups is 1. The molecule has 1 aliphatic heterocycles. The highest BCUT2D eigenvalue weighted by Gasteiger charge is 2.14. The van der Waals surface area contributed by atoms with Crippen LogP contribution in [-0.2, 0) is 6.54 Å². The summed E-state index contributed by atoms with van der Waals surface area (Å²) < 4.78 is 12.4. The SMILES string of the molecule is O=C(NCc1ccc2c(c1)OCO2)c1cn2ccccc2n1. The molecule has 0 radical (unpaired) electrons. The summed E-state index contributed by atoms with van der Waals surface area (Å²) in [6.07, 6.45) is 3.57. The van der Waals surface area contributed by atoms with Gasteiger partial charge >= 0.3 is 0 Å². The maximum atomic E-state index is 12.2. The van der Waals surface area contributed by atoms with Crippen molar-refractivity contribution in [1.29, 1.82) is 0 Å². The first-order valence-corrected chi connectivity index (χ1v) is 6.90. The molecule has 0 saturated carbocycles. The molecule has 1 N–H and O–H groups in total. The van der Waals surface area contributed by atoms with Crippen LogP contribution >= 0.6 is 0 Å². The summed E-state index contributed by atoms with van der Waals surface area (Å²) in [6, 6.07) is 11.2. The molecule has 0 atom stereocenters. The van der Waals surface area contributed by atoms with Gasteiger partial charge in [-0.15, -0.1) is 0 Å². The molecule has 110 valence electrons. The topological polar surface area (TPSA) is 64.9 Å². The van der Waals surface area contributed by atoms with Crippen molar-refractivity contribution in [2.75, 3.05) is 6.79 Å². The van der Waals surface area contributed by atoms with Crippen LogP contribution in [0.2, 0.25) is 0 Å². The van der Waals surface area contributed by atoms with Crippen LogP contribution in [0.1, 0.15) is 16.1 Å². The Morgan fingerprint density at radius 1 is 1.23 bits per heavy atom. The standard InChI is InChI=1S/C16H13N3O3/c20-16(12-9-19-6-2-1-3-15(19)18-12)17-8-11-4-5-13-14(7-11)22-10-21-13/h1-7,9H,8,10H2,(H,17,20). The number of amides is 1. The summed E-state index contributed by atoms with van der Waals surface area (Å²) in [4.78, 5) is 16.5. The molecule has 0 spiro atoms. The zero-order chi connectivity index (χ0) is 14.9. The first kappa shape index (κ1) is 12.7. The van der Waals surface area contributed by atoms with Crippen LogP contribution in [0.3, 0.4) is 0 Å². The lowest BCUT2D eigenvalue weighted by atomic mass is 10.2. The Hall–Kier alpha value is -3.02. The monoisotopic (exact) mass is 295 g/mol. The van der Waals surface area contributed by atoms with E-state index in [1.54, 1.807) is 6.20 Å². The second-order valence-electron chi connectivity index (χ2n) is 4.96. The Bertz CT molecular complexity index is 824. The van der Waals surface area contributed by atoms with Crippen molar-refractivity contribution < 1.29 is 14.3 Å². The molecule has 1 aliphatic rings. The first-order valence-electron chi connectivity index (χ1n) is 6.90. The van der Waals surface area contributed by atoms with Crippen LogP contribution in [0.15, 0.2) is 48.8 Å². The summed E-state index contributed by atoms with van der Waals surface area (Å²) >= 11 is 0. The fourth-order valence-corrected chi connectivity index (χ4v) is 2.37. The number of imidazole rings is 1. The number of pyridine rings is 1. The van der Waals surface area contributed by atoms with Gasteiger partial charge in [0, 0.05) is 18.9 Å². The number of aromatic nitrogens is 2. The molecule has 0 saturated heterocycles. The van der Waals surface area contributed by atoms with Gasteiger partial charge in [-0.3, -0.25) is 4.79 Å². The number of nitrogens with one attached hydrogen (secondary N) is 1. The third kappa shape index (κ3) is 2.24. The minimum atomic E-state index is -0.207. The molecule has 4 rings (SSSR count). The molecule has 3 aromatic rings. The number of hydrogen-bond donors (Lipinski definition) is 1. The van der Waals surface area contributed by atoms with Gasteiger partial charge in [0.15, 0.2) is 11.5 Å². The molecule has 0 bridgehead atoms. The molecular weight excluding hydrogens is 282 g/mol. The lowest BCUT2D eigenvalue weighted by Gasteiger charge is -2.04. The molecule has 6 heteroatoms. The van der Waals surface area contributed by atoms with Crippen LogP contribution in [0.5, 0.6) is 11.5 Å². The van der Waals surface area contributed by atoms with E-state index < -0.39 is 0 Å². The Morgan fingerprint density at radius 3 is 3.05 bits per heavy atom. The van der Waals surface area contributed by atoms with E-state index >= 15 is 0 Å². The molecule has 2 aromatic heterocycles. The fourth-order valence-electron chi connectivity index (χ4n) is 2.37. The predicted octanol–water partition coefficient (Wildman–Crippen LogP) is 1.99. The Morgan fingerprint density at radius 2 is 2.14 bits per heavy atom. The number of hydrogen-bond acceptors (Lipinski definition) is 4. The van der Waals surface area contributed by atoms with E-state index in [1.165, 1.54) is 0 Å². The molecule has 0 unspecified atom stereocenters. The molecule has 0 fully saturated rings. The zero-order valence-electron chi connectivity index (χ0n) is 11.7. The van der Waals surface area contributed by atoms with Gasteiger partial charge in [0.05, 0.1) is 0 Å². The Balaban J connectivity index is 1.48. The maximum absolute atomic E-state index is 12.2.